The van der Waals surface area contributed by atoms with Crippen LogP contribution >= 0.6 is 0 Å². The van der Waals surface area contributed by atoms with Crippen LogP contribution in [0.25, 0.3) is 0 Å². The third-order valence-corrected chi connectivity index (χ3v) is 11.9. The van der Waals surface area contributed by atoms with E-state index in [-0.39, 0.29) is 31.1 Å². The second-order valence-corrected chi connectivity index (χ2v) is 18.5. The van der Waals surface area contributed by atoms with Crippen molar-refractivity contribution in [1.29, 1.82) is 0 Å². The second kappa shape index (κ2) is 55.2. The summed E-state index contributed by atoms with van der Waals surface area (Å²) in [6.45, 7) is 6.45. The Balaban J connectivity index is 4.23. The summed E-state index contributed by atoms with van der Waals surface area (Å²) in [6, 6.07) is 0. The van der Waals surface area contributed by atoms with Crippen LogP contribution in [0, 0.1) is 0 Å². The van der Waals surface area contributed by atoms with Crippen molar-refractivity contribution >= 4 is 17.9 Å². The zero-order valence-corrected chi connectivity index (χ0v) is 43.9. The zero-order valence-electron chi connectivity index (χ0n) is 43.9. The summed E-state index contributed by atoms with van der Waals surface area (Å²) in [4.78, 5) is 38.0. The van der Waals surface area contributed by atoms with E-state index in [1.807, 2.05) is 0 Å². The number of esters is 3. The van der Waals surface area contributed by atoms with Gasteiger partial charge in [0.1, 0.15) is 13.2 Å². The first-order valence-electron chi connectivity index (χ1n) is 28.1. The predicted molar refractivity (Wildman–Crippen MR) is 288 cm³/mol. The summed E-state index contributed by atoms with van der Waals surface area (Å²) >= 11 is 0. The van der Waals surface area contributed by atoms with E-state index in [9.17, 15) is 14.4 Å². The van der Waals surface area contributed by atoms with Gasteiger partial charge >= 0.3 is 17.9 Å². The highest BCUT2D eigenvalue weighted by Gasteiger charge is 2.19. The van der Waals surface area contributed by atoms with Crippen molar-refractivity contribution in [1.82, 2.24) is 0 Å². The average Bonchev–Trinajstić information content (AvgIpc) is 3.33. The van der Waals surface area contributed by atoms with Crippen LogP contribution in [-0.4, -0.2) is 37.2 Å². The van der Waals surface area contributed by atoms with Gasteiger partial charge in [-0.1, -0.05) is 241 Å². The van der Waals surface area contributed by atoms with Crippen LogP contribution in [0.1, 0.15) is 265 Å². The van der Waals surface area contributed by atoms with Crippen molar-refractivity contribution < 1.29 is 28.6 Å². The Morgan fingerprint density at radius 2 is 0.612 bits per heavy atom. The summed E-state index contributed by atoms with van der Waals surface area (Å²) < 4.78 is 16.8. The Kier molecular flexibility index (Phi) is 52.4. The van der Waals surface area contributed by atoms with E-state index in [4.69, 9.17) is 14.2 Å². The van der Waals surface area contributed by atoms with E-state index < -0.39 is 6.10 Å². The van der Waals surface area contributed by atoms with Gasteiger partial charge in [0.25, 0.3) is 0 Å². The predicted octanol–water partition coefficient (Wildman–Crippen LogP) is 18.8. The number of hydrogen-bond donors (Lipinski definition) is 0. The van der Waals surface area contributed by atoms with Crippen molar-refractivity contribution in [2.45, 2.75) is 271 Å². The van der Waals surface area contributed by atoms with Crippen LogP contribution in [0.4, 0.5) is 0 Å². The monoisotopic (exact) mass is 933 g/mol. The highest BCUT2D eigenvalue weighted by Crippen LogP contribution is 2.15. The van der Waals surface area contributed by atoms with Crippen LogP contribution in [0.15, 0.2) is 85.1 Å². The minimum Gasteiger partial charge on any atom is -0.462 e. The molecule has 0 aliphatic rings. The van der Waals surface area contributed by atoms with Crippen LogP contribution in [-0.2, 0) is 28.6 Å². The van der Waals surface area contributed by atoms with Crippen molar-refractivity contribution in [2.75, 3.05) is 13.2 Å². The van der Waals surface area contributed by atoms with Gasteiger partial charge in [0.15, 0.2) is 6.10 Å². The molecule has 0 aromatic heterocycles. The van der Waals surface area contributed by atoms with E-state index in [1.165, 1.54) is 109 Å². The molecule has 0 aliphatic heterocycles. The molecule has 0 spiro atoms. The van der Waals surface area contributed by atoms with Gasteiger partial charge in [-0.15, -0.1) is 0 Å². The topological polar surface area (TPSA) is 78.9 Å². The highest BCUT2D eigenvalue weighted by atomic mass is 16.6. The van der Waals surface area contributed by atoms with Gasteiger partial charge in [-0.05, 0) is 89.9 Å². The number of carbonyl (C=O) groups is 3. The summed E-state index contributed by atoms with van der Waals surface area (Å²) in [6.07, 6.45) is 71.5. The third-order valence-electron chi connectivity index (χ3n) is 11.9. The molecule has 0 saturated heterocycles. The molecule has 1 unspecified atom stereocenters. The Hall–Kier alpha value is -3.41. The maximum atomic E-state index is 12.8. The SMILES string of the molecule is CC/C=C\C/C=C\C/C=C\C/C=C\C/C=C\C/C=C\CCCCCCCCCCC(=O)OCC(COC(=O)CCCCCCC/C=C\CCC)OC(=O)CCCCCCCCCCCCCC. The molecule has 0 N–H and O–H groups in total. The Labute approximate surface area is 414 Å². The zero-order chi connectivity index (χ0) is 48.6. The molecule has 0 fully saturated rings. The normalized spacial score (nSPS) is 12.7. The first-order valence-corrected chi connectivity index (χ1v) is 28.1. The number of unbranched alkanes of at least 4 members (excludes halogenated alkanes) is 25. The molecule has 6 nitrogen and oxygen atoms in total. The Bertz CT molecular complexity index is 1300. The minimum atomic E-state index is -0.780. The van der Waals surface area contributed by atoms with Crippen molar-refractivity contribution in [2.24, 2.45) is 0 Å². The average molecular weight is 933 g/mol. The van der Waals surface area contributed by atoms with Gasteiger partial charge in [0.05, 0.1) is 0 Å². The minimum absolute atomic E-state index is 0.0816. The maximum Gasteiger partial charge on any atom is 0.306 e. The fourth-order valence-corrected chi connectivity index (χ4v) is 7.68. The van der Waals surface area contributed by atoms with E-state index in [1.54, 1.807) is 0 Å². The van der Waals surface area contributed by atoms with E-state index in [0.29, 0.717) is 19.3 Å². The van der Waals surface area contributed by atoms with E-state index >= 15 is 0 Å². The maximum absolute atomic E-state index is 12.8. The lowest BCUT2D eigenvalue weighted by atomic mass is 10.0. The Morgan fingerprint density at radius 1 is 0.313 bits per heavy atom. The molecule has 1 atom stereocenters. The third kappa shape index (κ3) is 53.4. The van der Waals surface area contributed by atoms with Crippen molar-refractivity contribution in [3.05, 3.63) is 85.1 Å². The van der Waals surface area contributed by atoms with Gasteiger partial charge in [0.2, 0.25) is 0 Å². The molecule has 384 valence electrons. The first kappa shape index (κ1) is 63.6. The van der Waals surface area contributed by atoms with Gasteiger partial charge < -0.3 is 14.2 Å². The smallest absolute Gasteiger partial charge is 0.306 e. The van der Waals surface area contributed by atoms with Gasteiger partial charge in [-0.25, -0.2) is 0 Å². The second-order valence-electron chi connectivity index (χ2n) is 18.5. The molecular formula is C61H104O6. The lowest BCUT2D eigenvalue weighted by molar-refractivity contribution is -0.167. The molecule has 0 aromatic rings. The quantitative estimate of drug-likeness (QED) is 0.0262. The van der Waals surface area contributed by atoms with Crippen molar-refractivity contribution in [3.8, 4) is 0 Å². The Morgan fingerprint density at radius 3 is 0.985 bits per heavy atom. The van der Waals surface area contributed by atoms with Gasteiger partial charge in [0, 0.05) is 19.3 Å². The fraction of sp³-hybridized carbons (Fsp3) is 0.721. The summed E-state index contributed by atoms with van der Waals surface area (Å²) in [7, 11) is 0. The van der Waals surface area contributed by atoms with E-state index in [0.717, 1.165) is 116 Å². The standard InChI is InChI=1S/C61H104O6/c1-4-7-10-13-16-19-22-24-25-26-27-28-29-30-31-32-33-34-35-36-37-38-40-42-45-48-51-54-60(63)66-57-58(56-65-59(62)53-50-47-44-41-21-18-15-12-9-6-3)67-61(64)55-52-49-46-43-39-23-20-17-14-11-8-5-2/h7,10,12,15-16,19,24-25,27-28,30-31,33-34,58H,4-6,8-9,11,13-14,17-18,20-23,26,29,32,35-57H2,1-3H3/b10-7-,15-12-,19-16-,25-24-,28-27-,31-30-,34-33-. The van der Waals surface area contributed by atoms with Crippen LogP contribution in [0.5, 0.6) is 0 Å². The van der Waals surface area contributed by atoms with Crippen LogP contribution in [0.3, 0.4) is 0 Å². The fourth-order valence-electron chi connectivity index (χ4n) is 7.68. The van der Waals surface area contributed by atoms with Gasteiger partial charge in [-0.3, -0.25) is 14.4 Å². The molecule has 0 bridgehead atoms. The van der Waals surface area contributed by atoms with E-state index in [2.05, 4.69) is 106 Å². The number of hydrogen-bond acceptors (Lipinski definition) is 6. The van der Waals surface area contributed by atoms with Crippen molar-refractivity contribution in [3.63, 3.8) is 0 Å². The molecular weight excluding hydrogens is 829 g/mol. The molecule has 0 aromatic carbocycles. The molecule has 0 saturated carbocycles. The molecule has 67 heavy (non-hydrogen) atoms. The van der Waals surface area contributed by atoms with Crippen LogP contribution in [0.2, 0.25) is 0 Å². The van der Waals surface area contributed by atoms with Crippen LogP contribution < -0.4 is 0 Å². The number of carbonyl (C=O) groups excluding carboxylic acids is 3. The number of allylic oxidation sites excluding steroid dienone is 14. The highest BCUT2D eigenvalue weighted by molar-refractivity contribution is 5.71. The summed E-state index contributed by atoms with van der Waals surface area (Å²) in [5.41, 5.74) is 0. The van der Waals surface area contributed by atoms with Gasteiger partial charge in [-0.2, -0.15) is 0 Å². The molecule has 0 heterocycles. The molecule has 0 rings (SSSR count). The number of rotatable bonds is 50. The molecule has 0 radical (unpaired) electrons. The molecule has 0 amide bonds. The lowest BCUT2D eigenvalue weighted by Crippen LogP contribution is -2.30. The summed E-state index contributed by atoms with van der Waals surface area (Å²) in [5, 5.41) is 0. The molecule has 6 heteroatoms. The lowest BCUT2D eigenvalue weighted by Gasteiger charge is -2.18. The number of ether oxygens (including phenoxy) is 3. The summed E-state index contributed by atoms with van der Waals surface area (Å²) in [5.74, 6) is -0.897. The largest absolute Gasteiger partial charge is 0.462 e. The first-order chi connectivity index (χ1) is 33.0. The molecule has 0 aliphatic carbocycles.